The molecule has 1 heterocycles. The number of urea groups is 1. The predicted molar refractivity (Wildman–Crippen MR) is 80.9 cm³/mol. The molecule has 0 saturated carbocycles. The topological polar surface area (TPSA) is 98.7 Å². The minimum absolute atomic E-state index is 0.0312. The second kappa shape index (κ2) is 7.44. The van der Waals surface area contributed by atoms with E-state index >= 15 is 0 Å². The molecule has 118 valence electrons. The normalized spacial score (nSPS) is 13.7. The number of benzene rings is 1. The van der Waals surface area contributed by atoms with E-state index in [1.807, 2.05) is 0 Å². The number of anilines is 1. The Labute approximate surface area is 128 Å². The predicted octanol–water partition coefficient (Wildman–Crippen LogP) is 1.52. The fourth-order valence-corrected chi connectivity index (χ4v) is 2.32. The molecule has 0 aromatic heterocycles. The molecule has 0 bridgehead atoms. The van der Waals surface area contributed by atoms with Crippen LogP contribution in [0.5, 0.6) is 0 Å². The number of carbonyl (C=O) groups is 3. The zero-order valence-corrected chi connectivity index (χ0v) is 12.2. The van der Waals surface area contributed by atoms with Crippen molar-refractivity contribution in [2.24, 2.45) is 0 Å². The summed E-state index contributed by atoms with van der Waals surface area (Å²) in [6.07, 6.45) is 1.84. The summed E-state index contributed by atoms with van der Waals surface area (Å²) < 4.78 is 0. The van der Waals surface area contributed by atoms with Gasteiger partial charge in [0, 0.05) is 19.6 Å². The van der Waals surface area contributed by atoms with E-state index in [0.29, 0.717) is 11.3 Å². The van der Waals surface area contributed by atoms with Crippen LogP contribution in [0.15, 0.2) is 24.3 Å². The summed E-state index contributed by atoms with van der Waals surface area (Å²) >= 11 is 0. The Morgan fingerprint density at radius 3 is 2.50 bits per heavy atom. The molecule has 1 aromatic carbocycles. The average Bonchev–Trinajstić information content (AvgIpc) is 3.01. The third kappa shape index (κ3) is 4.21. The number of likely N-dealkylation sites (tertiary alicyclic amines) is 1. The van der Waals surface area contributed by atoms with Crippen LogP contribution in [0.25, 0.3) is 0 Å². The van der Waals surface area contributed by atoms with Gasteiger partial charge in [-0.25, -0.2) is 4.79 Å². The molecule has 7 nitrogen and oxygen atoms in total. The van der Waals surface area contributed by atoms with Gasteiger partial charge in [0.1, 0.15) is 0 Å². The Hall–Kier alpha value is -2.57. The van der Waals surface area contributed by atoms with Crippen LogP contribution >= 0.6 is 0 Å². The second-order valence-corrected chi connectivity index (χ2v) is 5.07. The van der Waals surface area contributed by atoms with Crippen molar-refractivity contribution in [1.82, 2.24) is 10.2 Å². The Morgan fingerprint density at radius 1 is 1.14 bits per heavy atom. The molecular formula is C15H19N3O4. The number of hydrogen-bond donors (Lipinski definition) is 3. The third-order valence-electron chi connectivity index (χ3n) is 3.42. The van der Waals surface area contributed by atoms with Crippen molar-refractivity contribution in [3.05, 3.63) is 29.8 Å². The van der Waals surface area contributed by atoms with Crippen LogP contribution in [0, 0.1) is 0 Å². The average molecular weight is 305 g/mol. The van der Waals surface area contributed by atoms with E-state index in [1.165, 1.54) is 0 Å². The van der Waals surface area contributed by atoms with Crippen molar-refractivity contribution >= 4 is 23.6 Å². The summed E-state index contributed by atoms with van der Waals surface area (Å²) in [7, 11) is 0. The van der Waals surface area contributed by atoms with Gasteiger partial charge in [-0.15, -0.1) is 0 Å². The van der Waals surface area contributed by atoms with Crippen LogP contribution in [0.2, 0.25) is 0 Å². The Kier molecular flexibility index (Phi) is 5.35. The van der Waals surface area contributed by atoms with Crippen LogP contribution in [-0.4, -0.2) is 47.5 Å². The lowest BCUT2D eigenvalue weighted by molar-refractivity contribution is -0.136. The molecule has 0 aliphatic carbocycles. The number of carboxylic acid groups (broad SMARTS) is 1. The maximum Gasteiger partial charge on any atom is 0.319 e. The van der Waals surface area contributed by atoms with E-state index in [1.54, 1.807) is 29.2 Å². The summed E-state index contributed by atoms with van der Waals surface area (Å²) in [5, 5.41) is 13.6. The number of carbonyl (C=O) groups excluding carboxylic acids is 2. The van der Waals surface area contributed by atoms with Crippen molar-refractivity contribution < 1.29 is 19.5 Å². The van der Waals surface area contributed by atoms with E-state index in [2.05, 4.69) is 10.6 Å². The Morgan fingerprint density at radius 2 is 1.82 bits per heavy atom. The minimum Gasteiger partial charge on any atom is -0.481 e. The zero-order valence-electron chi connectivity index (χ0n) is 12.2. The van der Waals surface area contributed by atoms with Crippen molar-refractivity contribution in [2.75, 3.05) is 25.0 Å². The number of para-hydroxylation sites is 1. The number of rotatable bonds is 5. The minimum atomic E-state index is -0.982. The molecular weight excluding hydrogens is 286 g/mol. The van der Waals surface area contributed by atoms with Gasteiger partial charge in [0.2, 0.25) is 0 Å². The van der Waals surface area contributed by atoms with E-state index < -0.39 is 12.0 Å². The summed E-state index contributed by atoms with van der Waals surface area (Å²) in [6, 6.07) is 6.28. The molecule has 22 heavy (non-hydrogen) atoms. The van der Waals surface area contributed by atoms with E-state index in [0.717, 1.165) is 25.9 Å². The van der Waals surface area contributed by atoms with E-state index in [4.69, 9.17) is 5.11 Å². The van der Waals surface area contributed by atoms with Crippen LogP contribution in [-0.2, 0) is 4.79 Å². The third-order valence-corrected chi connectivity index (χ3v) is 3.42. The molecule has 0 spiro atoms. The van der Waals surface area contributed by atoms with Gasteiger partial charge in [-0.1, -0.05) is 12.1 Å². The van der Waals surface area contributed by atoms with Crippen molar-refractivity contribution in [2.45, 2.75) is 19.3 Å². The lowest BCUT2D eigenvalue weighted by Crippen LogP contribution is -2.32. The first-order chi connectivity index (χ1) is 10.6. The van der Waals surface area contributed by atoms with Crippen LogP contribution in [0.1, 0.15) is 29.6 Å². The number of nitrogens with zero attached hydrogens (tertiary/aromatic N) is 1. The van der Waals surface area contributed by atoms with Gasteiger partial charge in [0.05, 0.1) is 17.7 Å². The summed E-state index contributed by atoms with van der Waals surface area (Å²) in [4.78, 5) is 36.4. The lowest BCUT2D eigenvalue weighted by atomic mass is 10.1. The highest BCUT2D eigenvalue weighted by molar-refractivity contribution is 6.03. The highest BCUT2D eigenvalue weighted by Crippen LogP contribution is 2.19. The number of aliphatic carboxylic acids is 1. The zero-order chi connectivity index (χ0) is 15.9. The van der Waals surface area contributed by atoms with Gasteiger partial charge in [-0.2, -0.15) is 0 Å². The fourth-order valence-electron chi connectivity index (χ4n) is 2.32. The number of nitrogens with one attached hydrogen (secondary N) is 2. The van der Waals surface area contributed by atoms with Gasteiger partial charge in [-0.3, -0.25) is 9.59 Å². The maximum atomic E-state index is 12.4. The molecule has 0 atom stereocenters. The van der Waals surface area contributed by atoms with Crippen molar-refractivity contribution in [3.8, 4) is 0 Å². The molecule has 0 radical (unpaired) electrons. The molecule has 3 amide bonds. The molecule has 1 aliphatic heterocycles. The van der Waals surface area contributed by atoms with E-state index in [-0.39, 0.29) is 18.9 Å². The summed E-state index contributed by atoms with van der Waals surface area (Å²) in [5.74, 6) is -1.08. The van der Waals surface area contributed by atoms with Gasteiger partial charge >= 0.3 is 12.0 Å². The maximum absolute atomic E-state index is 12.4. The lowest BCUT2D eigenvalue weighted by Gasteiger charge is -2.18. The van der Waals surface area contributed by atoms with Gasteiger partial charge in [0.25, 0.3) is 5.91 Å². The number of hydrogen-bond acceptors (Lipinski definition) is 3. The molecule has 7 heteroatoms. The number of amides is 3. The fraction of sp³-hybridized carbons (Fsp3) is 0.400. The first kappa shape index (κ1) is 15.8. The molecule has 2 rings (SSSR count). The van der Waals surface area contributed by atoms with Crippen LogP contribution in [0.4, 0.5) is 10.5 Å². The molecule has 1 saturated heterocycles. The Bertz CT molecular complexity index is 568. The van der Waals surface area contributed by atoms with Crippen LogP contribution < -0.4 is 10.6 Å². The van der Waals surface area contributed by atoms with Crippen molar-refractivity contribution in [3.63, 3.8) is 0 Å². The molecule has 0 unspecified atom stereocenters. The van der Waals surface area contributed by atoms with Gasteiger partial charge < -0.3 is 20.6 Å². The largest absolute Gasteiger partial charge is 0.481 e. The number of carboxylic acids is 1. The van der Waals surface area contributed by atoms with Gasteiger partial charge in [0.15, 0.2) is 0 Å². The Balaban J connectivity index is 2.00. The van der Waals surface area contributed by atoms with E-state index in [9.17, 15) is 14.4 Å². The highest BCUT2D eigenvalue weighted by Gasteiger charge is 2.22. The summed E-state index contributed by atoms with van der Waals surface area (Å²) in [5.41, 5.74) is 0.866. The first-order valence-electron chi connectivity index (χ1n) is 7.23. The quantitative estimate of drug-likeness (QED) is 0.768. The smallest absolute Gasteiger partial charge is 0.319 e. The monoisotopic (exact) mass is 305 g/mol. The summed E-state index contributed by atoms with van der Waals surface area (Å²) in [6.45, 7) is 1.50. The van der Waals surface area contributed by atoms with Crippen LogP contribution in [0.3, 0.4) is 0 Å². The molecule has 1 aromatic rings. The SMILES string of the molecule is O=C(O)CCNC(=O)Nc1ccccc1C(=O)N1CCCC1. The second-order valence-electron chi connectivity index (χ2n) is 5.07. The molecule has 1 fully saturated rings. The standard InChI is InChI=1S/C15H19N3O4/c19-13(20)7-8-16-15(22)17-12-6-2-1-5-11(12)14(21)18-9-3-4-10-18/h1-2,5-6H,3-4,7-10H2,(H,19,20)(H2,16,17,22). The first-order valence-corrected chi connectivity index (χ1v) is 7.23. The molecule has 1 aliphatic rings. The van der Waals surface area contributed by atoms with Gasteiger partial charge in [-0.05, 0) is 25.0 Å². The van der Waals surface area contributed by atoms with Crippen molar-refractivity contribution in [1.29, 1.82) is 0 Å². The highest BCUT2D eigenvalue weighted by atomic mass is 16.4. The molecule has 3 N–H and O–H groups in total.